The van der Waals surface area contributed by atoms with Crippen molar-refractivity contribution >= 4 is 49.7 Å². The first-order valence-electron chi connectivity index (χ1n) is 12.8. The topological polar surface area (TPSA) is 49.4 Å². The van der Waals surface area contributed by atoms with Gasteiger partial charge in [0, 0.05) is 40.6 Å². The Kier molecular flexibility index (Phi) is 8.47. The summed E-state index contributed by atoms with van der Waals surface area (Å²) in [5.74, 6) is -1.56. The fraction of sp³-hybridized carbons (Fsp3) is 0.300. The van der Waals surface area contributed by atoms with Gasteiger partial charge in [0.15, 0.2) is 0 Å². The van der Waals surface area contributed by atoms with Gasteiger partial charge in [0.1, 0.15) is 16.5 Å². The zero-order chi connectivity index (χ0) is 27.7. The predicted octanol–water partition coefficient (Wildman–Crippen LogP) is 7.41. The van der Waals surface area contributed by atoms with Crippen molar-refractivity contribution in [3.63, 3.8) is 0 Å². The number of nitrogens with zero attached hydrogens (tertiary/aromatic N) is 1. The van der Waals surface area contributed by atoms with Crippen molar-refractivity contribution in [1.29, 1.82) is 0 Å². The summed E-state index contributed by atoms with van der Waals surface area (Å²) in [4.78, 5) is 16.8. The van der Waals surface area contributed by atoms with Gasteiger partial charge in [-0.05, 0) is 79.8 Å². The number of rotatable bonds is 7. The minimum atomic E-state index is -1.10. The maximum Gasteiger partial charge on any atom is 0.266 e. The van der Waals surface area contributed by atoms with Crippen LogP contribution in [0.4, 0.5) is 8.78 Å². The predicted molar refractivity (Wildman–Crippen MR) is 156 cm³/mol. The number of fused-ring (bicyclic) bond motifs is 1. The van der Waals surface area contributed by atoms with Crippen molar-refractivity contribution in [3.05, 3.63) is 87.8 Å². The Morgan fingerprint density at radius 1 is 1.03 bits per heavy atom. The highest BCUT2D eigenvalue weighted by atomic mass is 35.5. The first-order chi connectivity index (χ1) is 18.8. The molecule has 204 valence electrons. The van der Waals surface area contributed by atoms with Crippen molar-refractivity contribution < 1.29 is 17.8 Å². The van der Waals surface area contributed by atoms with E-state index in [0.717, 1.165) is 70.7 Å². The fourth-order valence-electron chi connectivity index (χ4n) is 5.31. The molecule has 1 saturated carbocycles. The Labute approximate surface area is 238 Å². The van der Waals surface area contributed by atoms with Gasteiger partial charge in [-0.3, -0.25) is 9.00 Å². The number of thiophene rings is 1. The molecule has 4 aromatic rings. The molecule has 9 heteroatoms. The molecule has 1 aromatic heterocycles. The number of hydrogen-bond acceptors (Lipinski definition) is 4. The summed E-state index contributed by atoms with van der Waals surface area (Å²) in [5.41, 5.74) is 2.82. The summed E-state index contributed by atoms with van der Waals surface area (Å²) in [6, 6.07) is 18.0. The monoisotopic (exact) mass is 586 g/mol. The molecule has 1 amide bonds. The number of amides is 1. The second kappa shape index (κ2) is 11.8. The van der Waals surface area contributed by atoms with E-state index < -0.39 is 22.4 Å². The maximum atomic E-state index is 14.6. The van der Waals surface area contributed by atoms with E-state index in [1.807, 2.05) is 60.5 Å². The lowest BCUT2D eigenvalue weighted by molar-refractivity contribution is 0.0606. The fourth-order valence-corrected chi connectivity index (χ4v) is 7.38. The van der Waals surface area contributed by atoms with E-state index >= 15 is 0 Å². The highest BCUT2D eigenvalue weighted by Crippen LogP contribution is 2.40. The van der Waals surface area contributed by atoms with E-state index in [2.05, 4.69) is 5.32 Å². The standard InChI is InChI=1S/C30H29ClF2N2O2S2/c1-34-21-9-11-22(12-10-21)35(30(36)29-27(31)26-24(32)13-14-25(33)28(26)38-29)17-18-5-3-6-19(15-18)20-7-4-8-23(16-20)39(2)37/h3-8,13-16,21-22,34H,9-12,17H2,1-2H3. The van der Waals surface area contributed by atoms with E-state index in [4.69, 9.17) is 11.6 Å². The number of carbonyl (C=O) groups is 1. The van der Waals surface area contributed by atoms with Crippen LogP contribution < -0.4 is 5.32 Å². The lowest BCUT2D eigenvalue weighted by atomic mass is 9.89. The molecular weight excluding hydrogens is 558 g/mol. The van der Waals surface area contributed by atoms with E-state index in [1.54, 1.807) is 6.26 Å². The highest BCUT2D eigenvalue weighted by molar-refractivity contribution is 7.84. The Bertz CT molecular complexity index is 1550. The Balaban J connectivity index is 1.51. The third-order valence-electron chi connectivity index (χ3n) is 7.46. The molecule has 0 saturated heterocycles. The van der Waals surface area contributed by atoms with Crippen LogP contribution >= 0.6 is 22.9 Å². The van der Waals surface area contributed by atoms with Crippen LogP contribution in [0.15, 0.2) is 65.6 Å². The molecular formula is C30H29ClF2N2O2S2. The van der Waals surface area contributed by atoms with Crippen LogP contribution in [0.1, 0.15) is 40.9 Å². The van der Waals surface area contributed by atoms with E-state index in [-0.39, 0.29) is 31.9 Å². The van der Waals surface area contributed by atoms with Crippen LogP contribution in [0.2, 0.25) is 5.02 Å². The van der Waals surface area contributed by atoms with Gasteiger partial charge in [0.2, 0.25) is 0 Å². The number of hydrogen-bond donors (Lipinski definition) is 1. The maximum absolute atomic E-state index is 14.6. The molecule has 1 unspecified atom stereocenters. The zero-order valence-corrected chi connectivity index (χ0v) is 24.1. The van der Waals surface area contributed by atoms with Gasteiger partial charge < -0.3 is 10.2 Å². The van der Waals surface area contributed by atoms with Crippen LogP contribution in [-0.4, -0.2) is 40.4 Å². The minimum Gasteiger partial charge on any atom is -0.331 e. The molecule has 0 spiro atoms. The molecule has 4 nitrogen and oxygen atoms in total. The second-order valence-corrected chi connectivity index (χ2v) is 12.7. The second-order valence-electron chi connectivity index (χ2n) is 9.89. The van der Waals surface area contributed by atoms with Crippen molar-refractivity contribution in [2.24, 2.45) is 0 Å². The van der Waals surface area contributed by atoms with Gasteiger partial charge in [-0.25, -0.2) is 8.78 Å². The summed E-state index contributed by atoms with van der Waals surface area (Å²) < 4.78 is 41.2. The number of carbonyl (C=O) groups excluding carboxylic acids is 1. The Morgan fingerprint density at radius 2 is 1.69 bits per heavy atom. The van der Waals surface area contributed by atoms with Crippen molar-refractivity contribution in [3.8, 4) is 11.1 Å². The number of halogens is 3. The van der Waals surface area contributed by atoms with Crippen LogP contribution in [0.5, 0.6) is 0 Å². The van der Waals surface area contributed by atoms with E-state index in [0.29, 0.717) is 12.6 Å². The first-order valence-corrected chi connectivity index (χ1v) is 15.6. The summed E-state index contributed by atoms with van der Waals surface area (Å²) >= 11 is 7.43. The molecule has 1 aliphatic rings. The van der Waals surface area contributed by atoms with Crippen molar-refractivity contribution in [2.45, 2.75) is 49.2 Å². The number of nitrogens with one attached hydrogen (secondary N) is 1. The molecule has 1 fully saturated rings. The molecule has 39 heavy (non-hydrogen) atoms. The normalized spacial score (nSPS) is 18.3. The molecule has 5 rings (SSSR count). The molecule has 0 aliphatic heterocycles. The van der Waals surface area contributed by atoms with Crippen molar-refractivity contribution in [1.82, 2.24) is 10.2 Å². The lowest BCUT2D eigenvalue weighted by Crippen LogP contribution is -2.44. The third kappa shape index (κ3) is 5.80. The van der Waals surface area contributed by atoms with Crippen LogP contribution in [-0.2, 0) is 17.3 Å². The largest absolute Gasteiger partial charge is 0.331 e. The third-order valence-corrected chi connectivity index (χ3v) is 10.1. The molecule has 1 aliphatic carbocycles. The SMILES string of the molecule is CNC1CCC(N(Cc2cccc(-c3cccc(S(C)=O)c3)c2)C(=O)c2sc3c(F)ccc(F)c3c2Cl)CC1. The smallest absolute Gasteiger partial charge is 0.266 e. The van der Waals surface area contributed by atoms with Gasteiger partial charge >= 0.3 is 0 Å². The average Bonchev–Trinajstić information content (AvgIpc) is 3.32. The number of benzene rings is 3. The molecule has 1 heterocycles. The zero-order valence-electron chi connectivity index (χ0n) is 21.7. The van der Waals surface area contributed by atoms with Crippen LogP contribution in [0.3, 0.4) is 0 Å². The van der Waals surface area contributed by atoms with E-state index in [9.17, 15) is 17.8 Å². The summed E-state index contributed by atoms with van der Waals surface area (Å²) in [7, 11) is 0.849. The molecule has 1 atom stereocenters. The summed E-state index contributed by atoms with van der Waals surface area (Å²) in [5, 5.41) is 3.24. The van der Waals surface area contributed by atoms with Crippen LogP contribution in [0, 0.1) is 11.6 Å². The molecule has 0 radical (unpaired) electrons. The molecule has 3 aromatic carbocycles. The highest BCUT2D eigenvalue weighted by Gasteiger charge is 2.32. The average molecular weight is 587 g/mol. The Hall–Kier alpha value is -2.65. The Morgan fingerprint density at radius 3 is 2.36 bits per heavy atom. The van der Waals surface area contributed by atoms with Crippen molar-refractivity contribution in [2.75, 3.05) is 13.3 Å². The molecule has 1 N–H and O–H groups in total. The van der Waals surface area contributed by atoms with Crippen LogP contribution in [0.25, 0.3) is 21.2 Å². The van der Waals surface area contributed by atoms with Gasteiger partial charge in [-0.1, -0.05) is 41.9 Å². The summed E-state index contributed by atoms with van der Waals surface area (Å²) in [6.45, 7) is 0.330. The first kappa shape index (κ1) is 27.9. The lowest BCUT2D eigenvalue weighted by Gasteiger charge is -2.37. The van der Waals surface area contributed by atoms with Gasteiger partial charge in [0.25, 0.3) is 5.91 Å². The minimum absolute atomic E-state index is 0.0347. The van der Waals surface area contributed by atoms with E-state index in [1.165, 1.54) is 0 Å². The summed E-state index contributed by atoms with van der Waals surface area (Å²) in [6.07, 6.45) is 5.13. The van der Waals surface area contributed by atoms with Gasteiger partial charge in [-0.2, -0.15) is 0 Å². The van der Waals surface area contributed by atoms with Gasteiger partial charge in [0.05, 0.1) is 15.1 Å². The van der Waals surface area contributed by atoms with Gasteiger partial charge in [-0.15, -0.1) is 11.3 Å². The molecule has 0 bridgehead atoms. The quantitative estimate of drug-likeness (QED) is 0.245.